The van der Waals surface area contributed by atoms with Gasteiger partial charge < -0.3 is 10.2 Å². The van der Waals surface area contributed by atoms with E-state index in [1.807, 2.05) is 0 Å². The number of hydrogen-bond acceptors (Lipinski definition) is 3. The first-order chi connectivity index (χ1) is 10.2. The van der Waals surface area contributed by atoms with Crippen molar-refractivity contribution in [2.75, 3.05) is 40.3 Å². The van der Waals surface area contributed by atoms with Crippen molar-refractivity contribution in [3.63, 3.8) is 0 Å². The van der Waals surface area contributed by atoms with E-state index in [4.69, 9.17) is 0 Å². The molecule has 1 N–H and O–H groups in total. The van der Waals surface area contributed by atoms with Crippen LogP contribution in [-0.4, -0.2) is 56.1 Å². The standard InChI is InChI=1S/C18H31N3/c1-5-11-19-18(16-9-7-15(6-2)8-10-16)17-14-20(3)12-13-21(17)4/h7-10,17-19H,5-6,11-14H2,1-4H3. The van der Waals surface area contributed by atoms with E-state index in [0.29, 0.717) is 12.1 Å². The van der Waals surface area contributed by atoms with E-state index >= 15 is 0 Å². The fraction of sp³-hybridized carbons (Fsp3) is 0.667. The van der Waals surface area contributed by atoms with Gasteiger partial charge in [-0.2, -0.15) is 0 Å². The van der Waals surface area contributed by atoms with Crippen molar-refractivity contribution < 1.29 is 0 Å². The molecule has 1 fully saturated rings. The second-order valence-electron chi connectivity index (χ2n) is 6.34. The summed E-state index contributed by atoms with van der Waals surface area (Å²) in [4.78, 5) is 4.97. The van der Waals surface area contributed by atoms with Crippen LogP contribution in [0.5, 0.6) is 0 Å². The Morgan fingerprint density at radius 3 is 2.48 bits per heavy atom. The first-order valence-electron chi connectivity index (χ1n) is 8.36. The Kier molecular flexibility index (Phi) is 6.22. The van der Waals surface area contributed by atoms with Crippen LogP contribution in [0.3, 0.4) is 0 Å². The lowest BCUT2D eigenvalue weighted by Crippen LogP contribution is -2.55. The Balaban J connectivity index is 2.19. The number of aryl methyl sites for hydroxylation is 1. The number of hydrogen-bond donors (Lipinski definition) is 1. The summed E-state index contributed by atoms with van der Waals surface area (Å²) < 4.78 is 0. The lowest BCUT2D eigenvalue weighted by Gasteiger charge is -2.42. The monoisotopic (exact) mass is 289 g/mol. The number of rotatable bonds is 6. The largest absolute Gasteiger partial charge is 0.309 e. The molecule has 3 nitrogen and oxygen atoms in total. The minimum atomic E-state index is 0.420. The molecule has 2 atom stereocenters. The van der Waals surface area contributed by atoms with E-state index in [1.165, 1.54) is 24.1 Å². The summed E-state index contributed by atoms with van der Waals surface area (Å²) in [5.41, 5.74) is 2.84. The Bertz CT molecular complexity index is 415. The molecule has 0 saturated carbocycles. The zero-order valence-electron chi connectivity index (χ0n) is 14.1. The Hall–Kier alpha value is -0.900. The first-order valence-corrected chi connectivity index (χ1v) is 8.36. The fourth-order valence-corrected chi connectivity index (χ4v) is 3.14. The van der Waals surface area contributed by atoms with Crippen molar-refractivity contribution in [2.24, 2.45) is 0 Å². The normalized spacial score (nSPS) is 22.4. The molecule has 0 aromatic heterocycles. The Labute approximate surface area is 130 Å². The van der Waals surface area contributed by atoms with Crippen molar-refractivity contribution in [2.45, 2.75) is 38.8 Å². The highest BCUT2D eigenvalue weighted by Crippen LogP contribution is 2.24. The van der Waals surface area contributed by atoms with Crippen molar-refractivity contribution >= 4 is 0 Å². The minimum Gasteiger partial charge on any atom is -0.309 e. The van der Waals surface area contributed by atoms with Gasteiger partial charge in [0.25, 0.3) is 0 Å². The van der Waals surface area contributed by atoms with Crippen LogP contribution in [0.15, 0.2) is 24.3 Å². The molecule has 0 amide bonds. The number of piperazine rings is 1. The molecule has 0 radical (unpaired) electrons. The van der Waals surface area contributed by atoms with E-state index in [1.54, 1.807) is 0 Å². The molecule has 1 aliphatic heterocycles. The second-order valence-corrected chi connectivity index (χ2v) is 6.34. The maximum absolute atomic E-state index is 3.78. The maximum Gasteiger partial charge on any atom is 0.0490 e. The number of likely N-dealkylation sites (N-methyl/N-ethyl adjacent to an activating group) is 2. The predicted molar refractivity (Wildman–Crippen MR) is 90.8 cm³/mol. The van der Waals surface area contributed by atoms with E-state index in [2.05, 4.69) is 67.3 Å². The Morgan fingerprint density at radius 1 is 1.14 bits per heavy atom. The maximum atomic E-state index is 3.78. The fourth-order valence-electron chi connectivity index (χ4n) is 3.14. The molecule has 118 valence electrons. The van der Waals surface area contributed by atoms with Gasteiger partial charge in [-0.1, -0.05) is 38.1 Å². The summed E-state index contributed by atoms with van der Waals surface area (Å²) in [6.07, 6.45) is 2.29. The molecule has 1 aromatic carbocycles. The van der Waals surface area contributed by atoms with Gasteiger partial charge >= 0.3 is 0 Å². The molecule has 2 rings (SSSR count). The zero-order chi connectivity index (χ0) is 15.2. The molecule has 21 heavy (non-hydrogen) atoms. The summed E-state index contributed by atoms with van der Waals surface area (Å²) >= 11 is 0. The lowest BCUT2D eigenvalue weighted by atomic mass is 9.95. The van der Waals surface area contributed by atoms with Crippen LogP contribution in [0.4, 0.5) is 0 Å². The van der Waals surface area contributed by atoms with Gasteiger partial charge in [-0.3, -0.25) is 4.90 Å². The van der Waals surface area contributed by atoms with Gasteiger partial charge in [0.15, 0.2) is 0 Å². The molecule has 1 saturated heterocycles. The highest BCUT2D eigenvalue weighted by molar-refractivity contribution is 5.26. The van der Waals surface area contributed by atoms with E-state index in [0.717, 1.165) is 26.1 Å². The van der Waals surface area contributed by atoms with Crippen LogP contribution in [0.25, 0.3) is 0 Å². The van der Waals surface area contributed by atoms with Crippen LogP contribution in [-0.2, 0) is 6.42 Å². The number of benzene rings is 1. The van der Waals surface area contributed by atoms with E-state index < -0.39 is 0 Å². The highest BCUT2D eigenvalue weighted by atomic mass is 15.3. The van der Waals surface area contributed by atoms with Crippen molar-refractivity contribution in [3.8, 4) is 0 Å². The van der Waals surface area contributed by atoms with Crippen LogP contribution in [0, 0.1) is 0 Å². The highest BCUT2D eigenvalue weighted by Gasteiger charge is 2.30. The molecule has 0 aliphatic carbocycles. The van der Waals surface area contributed by atoms with Gasteiger partial charge in [0, 0.05) is 31.7 Å². The first kappa shape index (κ1) is 16.5. The Morgan fingerprint density at radius 2 is 1.86 bits per heavy atom. The molecule has 2 unspecified atom stereocenters. The SMILES string of the molecule is CCCNC(c1ccc(CC)cc1)C1CN(C)CCN1C. The van der Waals surface area contributed by atoms with Crippen molar-refractivity contribution in [3.05, 3.63) is 35.4 Å². The quantitative estimate of drug-likeness (QED) is 0.868. The molecule has 0 bridgehead atoms. The zero-order valence-corrected chi connectivity index (χ0v) is 14.1. The summed E-state index contributed by atoms with van der Waals surface area (Å²) in [7, 11) is 4.50. The third-order valence-electron chi connectivity index (χ3n) is 4.65. The predicted octanol–water partition coefficient (Wildman–Crippen LogP) is 2.54. The van der Waals surface area contributed by atoms with Crippen LogP contribution >= 0.6 is 0 Å². The summed E-state index contributed by atoms with van der Waals surface area (Å²) in [5, 5.41) is 3.78. The molecule has 1 aromatic rings. The van der Waals surface area contributed by atoms with Gasteiger partial charge in [-0.05, 0) is 44.6 Å². The van der Waals surface area contributed by atoms with Crippen LogP contribution in [0.2, 0.25) is 0 Å². The topological polar surface area (TPSA) is 18.5 Å². The summed E-state index contributed by atoms with van der Waals surface area (Å²) in [5.74, 6) is 0. The number of nitrogens with one attached hydrogen (secondary N) is 1. The second kappa shape index (κ2) is 7.92. The van der Waals surface area contributed by atoms with Gasteiger partial charge in [0.05, 0.1) is 0 Å². The van der Waals surface area contributed by atoms with Crippen molar-refractivity contribution in [1.82, 2.24) is 15.1 Å². The van der Waals surface area contributed by atoms with Crippen LogP contribution < -0.4 is 5.32 Å². The molecular formula is C18H31N3. The average Bonchev–Trinajstić information content (AvgIpc) is 2.51. The molecule has 1 heterocycles. The molecule has 0 spiro atoms. The van der Waals surface area contributed by atoms with Crippen molar-refractivity contribution in [1.29, 1.82) is 0 Å². The smallest absolute Gasteiger partial charge is 0.0490 e. The third-order valence-corrected chi connectivity index (χ3v) is 4.65. The number of nitrogens with zero attached hydrogens (tertiary/aromatic N) is 2. The van der Waals surface area contributed by atoms with E-state index in [9.17, 15) is 0 Å². The van der Waals surface area contributed by atoms with Gasteiger partial charge in [-0.25, -0.2) is 0 Å². The summed E-state index contributed by atoms with van der Waals surface area (Å²) in [6, 6.07) is 10.2. The summed E-state index contributed by atoms with van der Waals surface area (Å²) in [6.45, 7) is 8.98. The van der Waals surface area contributed by atoms with E-state index in [-0.39, 0.29) is 0 Å². The lowest BCUT2D eigenvalue weighted by molar-refractivity contribution is 0.0876. The molecule has 3 heteroatoms. The third kappa shape index (κ3) is 4.29. The van der Waals surface area contributed by atoms with Gasteiger partial charge in [-0.15, -0.1) is 0 Å². The average molecular weight is 289 g/mol. The van der Waals surface area contributed by atoms with Crippen LogP contribution in [0.1, 0.15) is 37.4 Å². The van der Waals surface area contributed by atoms with Gasteiger partial charge in [0.1, 0.15) is 0 Å². The molecule has 1 aliphatic rings. The minimum absolute atomic E-state index is 0.420. The van der Waals surface area contributed by atoms with Gasteiger partial charge in [0.2, 0.25) is 0 Å². The molecular weight excluding hydrogens is 258 g/mol.